The first-order chi connectivity index (χ1) is 19.8. The van der Waals surface area contributed by atoms with E-state index in [9.17, 15) is 19.2 Å². The monoisotopic (exact) mass is 575 g/mol. The van der Waals surface area contributed by atoms with Gasteiger partial charge in [0.25, 0.3) is 0 Å². The average molecular weight is 576 g/mol. The van der Waals surface area contributed by atoms with Gasteiger partial charge in [0.15, 0.2) is 5.17 Å². The van der Waals surface area contributed by atoms with E-state index >= 15 is 0 Å². The van der Waals surface area contributed by atoms with Crippen molar-refractivity contribution in [3.05, 3.63) is 95.8 Å². The van der Waals surface area contributed by atoms with Crippen LogP contribution in [0.3, 0.4) is 0 Å². The van der Waals surface area contributed by atoms with Crippen LogP contribution >= 0.6 is 11.8 Å². The van der Waals surface area contributed by atoms with Crippen LogP contribution in [0.15, 0.2) is 84.1 Å². The van der Waals surface area contributed by atoms with Gasteiger partial charge in [-0.25, -0.2) is 9.59 Å². The van der Waals surface area contributed by atoms with Crippen molar-refractivity contribution in [1.82, 2.24) is 15.2 Å². The van der Waals surface area contributed by atoms with Crippen LogP contribution in [-0.2, 0) is 32.2 Å². The highest BCUT2D eigenvalue weighted by Gasteiger charge is 2.39. The second-order valence-electron chi connectivity index (χ2n) is 8.92. The van der Waals surface area contributed by atoms with Gasteiger partial charge < -0.3 is 20.1 Å². The molecule has 0 spiro atoms. The van der Waals surface area contributed by atoms with Gasteiger partial charge in [-0.15, -0.1) is 0 Å². The van der Waals surface area contributed by atoms with Gasteiger partial charge in [-0.05, 0) is 48.7 Å². The quantitative estimate of drug-likeness (QED) is 0.376. The molecule has 1 aliphatic heterocycles. The Bertz CT molecular complexity index is 1400. The van der Waals surface area contributed by atoms with Crippen molar-refractivity contribution in [3.8, 4) is 0 Å². The molecule has 1 unspecified atom stereocenters. The molecule has 41 heavy (non-hydrogen) atoms. The molecule has 2 aromatic carbocycles. The van der Waals surface area contributed by atoms with Gasteiger partial charge in [-0.2, -0.15) is 4.99 Å². The lowest BCUT2D eigenvalue weighted by Gasteiger charge is -2.16. The van der Waals surface area contributed by atoms with Crippen LogP contribution in [0.2, 0.25) is 0 Å². The summed E-state index contributed by atoms with van der Waals surface area (Å²) in [5.74, 6) is -0.683. The number of hydrogen-bond acceptors (Lipinski definition) is 8. The molecule has 0 aliphatic carbocycles. The van der Waals surface area contributed by atoms with Gasteiger partial charge in [-0.1, -0.05) is 60.3 Å². The number of carbonyl (C=O) groups excluding carboxylic acids is 4. The van der Waals surface area contributed by atoms with Gasteiger partial charge in [0, 0.05) is 18.1 Å². The van der Waals surface area contributed by atoms with E-state index in [1.54, 1.807) is 56.6 Å². The van der Waals surface area contributed by atoms with Crippen molar-refractivity contribution in [2.45, 2.75) is 38.3 Å². The first kappa shape index (κ1) is 29.3. The van der Waals surface area contributed by atoms with Crippen LogP contribution < -0.4 is 10.6 Å². The van der Waals surface area contributed by atoms with Crippen LogP contribution in [0.5, 0.6) is 0 Å². The standard InChI is InChI=1S/C29H29N5O6S/c1-3-39-29(38)33-27-34(17-21-10-7-15-30-16-21)26(36)24(41-27)22-11-13-23(14-12-22)32-25(35)19(2)31-28(37)40-18-20-8-5-4-6-9-20/h4-16,19,24H,3,17-18H2,1-2H3,(H,31,37)(H,32,35)/b33-27-/t19-,24?/m1/s1. The van der Waals surface area contributed by atoms with Crippen molar-refractivity contribution < 1.29 is 28.7 Å². The minimum Gasteiger partial charge on any atom is -0.448 e. The Labute approximate surface area is 241 Å². The lowest BCUT2D eigenvalue weighted by atomic mass is 10.1. The third-order valence-electron chi connectivity index (χ3n) is 5.88. The minimum absolute atomic E-state index is 0.0895. The minimum atomic E-state index is -0.854. The fraction of sp³-hybridized carbons (Fsp3) is 0.241. The number of benzene rings is 2. The zero-order valence-electron chi connectivity index (χ0n) is 22.5. The van der Waals surface area contributed by atoms with Crippen molar-refractivity contribution in [2.75, 3.05) is 11.9 Å². The van der Waals surface area contributed by atoms with Gasteiger partial charge in [0.2, 0.25) is 11.8 Å². The Morgan fingerprint density at radius 2 is 1.76 bits per heavy atom. The van der Waals surface area contributed by atoms with Crippen LogP contribution in [0.25, 0.3) is 0 Å². The molecule has 2 atom stereocenters. The molecule has 1 aromatic heterocycles. The summed E-state index contributed by atoms with van der Waals surface area (Å²) in [6, 6.07) is 18.7. The number of alkyl carbamates (subject to hydrolysis) is 1. The highest BCUT2D eigenvalue weighted by atomic mass is 32.2. The average Bonchev–Trinajstić information content (AvgIpc) is 3.27. The number of rotatable bonds is 9. The lowest BCUT2D eigenvalue weighted by molar-refractivity contribution is -0.126. The molecule has 3 aromatic rings. The van der Waals surface area contributed by atoms with Gasteiger partial charge in [0.1, 0.15) is 17.9 Å². The van der Waals surface area contributed by atoms with Gasteiger partial charge in [0.05, 0.1) is 13.2 Å². The van der Waals surface area contributed by atoms with Crippen molar-refractivity contribution in [3.63, 3.8) is 0 Å². The number of aliphatic imine (C=N–C) groups is 1. The molecule has 212 valence electrons. The van der Waals surface area contributed by atoms with Gasteiger partial charge in [-0.3, -0.25) is 19.5 Å². The van der Waals surface area contributed by atoms with E-state index in [0.717, 1.165) is 22.9 Å². The topological polar surface area (TPSA) is 139 Å². The normalized spacial score (nSPS) is 16.2. The summed E-state index contributed by atoms with van der Waals surface area (Å²) in [6.45, 7) is 3.67. The number of ether oxygens (including phenoxy) is 2. The van der Waals surface area contributed by atoms with Crippen LogP contribution in [-0.4, -0.2) is 51.7 Å². The van der Waals surface area contributed by atoms with E-state index < -0.39 is 29.4 Å². The molecular weight excluding hydrogens is 546 g/mol. The number of hydrogen-bond donors (Lipinski definition) is 2. The zero-order chi connectivity index (χ0) is 29.2. The molecule has 1 fully saturated rings. The first-order valence-corrected chi connectivity index (χ1v) is 13.7. The van der Waals surface area contributed by atoms with E-state index in [1.165, 1.54) is 4.90 Å². The van der Waals surface area contributed by atoms with Crippen molar-refractivity contribution >= 4 is 46.6 Å². The molecule has 2 heterocycles. The largest absolute Gasteiger partial charge is 0.448 e. The van der Waals surface area contributed by atoms with Crippen molar-refractivity contribution in [1.29, 1.82) is 0 Å². The number of nitrogens with one attached hydrogen (secondary N) is 2. The molecule has 2 N–H and O–H groups in total. The Balaban J connectivity index is 1.37. The fourth-order valence-electron chi connectivity index (χ4n) is 3.81. The number of thioether (sulfide) groups is 1. The van der Waals surface area contributed by atoms with E-state index in [4.69, 9.17) is 9.47 Å². The molecule has 11 nitrogen and oxygen atoms in total. The molecule has 12 heteroatoms. The fourth-order valence-corrected chi connectivity index (χ4v) is 4.95. The molecule has 0 bridgehead atoms. The second-order valence-corrected chi connectivity index (χ2v) is 9.99. The number of amides is 4. The summed E-state index contributed by atoms with van der Waals surface area (Å²) in [4.78, 5) is 59.7. The highest BCUT2D eigenvalue weighted by Crippen LogP contribution is 2.40. The Hall–Kier alpha value is -4.71. The lowest BCUT2D eigenvalue weighted by Crippen LogP contribution is -2.41. The number of nitrogens with zero attached hydrogens (tertiary/aromatic N) is 3. The zero-order valence-corrected chi connectivity index (χ0v) is 23.3. The first-order valence-electron chi connectivity index (χ1n) is 12.8. The summed E-state index contributed by atoms with van der Waals surface area (Å²) < 4.78 is 10.1. The van der Waals surface area contributed by atoms with Crippen LogP contribution in [0.4, 0.5) is 15.3 Å². The highest BCUT2D eigenvalue weighted by molar-refractivity contribution is 8.15. The summed E-state index contributed by atoms with van der Waals surface area (Å²) in [6.07, 6.45) is 1.79. The van der Waals surface area contributed by atoms with Crippen molar-refractivity contribution in [2.24, 2.45) is 4.99 Å². The Kier molecular flexibility index (Phi) is 10.1. The van der Waals surface area contributed by atoms with E-state index in [2.05, 4.69) is 20.6 Å². The molecule has 1 aliphatic rings. The summed E-state index contributed by atoms with van der Waals surface area (Å²) in [7, 11) is 0. The Morgan fingerprint density at radius 3 is 2.44 bits per heavy atom. The number of amidine groups is 1. The van der Waals surface area contributed by atoms with Gasteiger partial charge >= 0.3 is 12.2 Å². The van der Waals surface area contributed by atoms with E-state index in [-0.39, 0.29) is 30.8 Å². The molecule has 1 saturated heterocycles. The molecular formula is C29H29N5O6S. The van der Waals surface area contributed by atoms with E-state index in [0.29, 0.717) is 11.3 Å². The Morgan fingerprint density at radius 1 is 1.02 bits per heavy atom. The maximum atomic E-state index is 13.4. The molecule has 0 saturated carbocycles. The van der Waals surface area contributed by atoms with Crippen LogP contribution in [0, 0.1) is 0 Å². The predicted octanol–water partition coefficient (Wildman–Crippen LogP) is 4.66. The van der Waals surface area contributed by atoms with E-state index in [1.807, 2.05) is 36.4 Å². The SMILES string of the molecule is CCOC(=O)/N=C1\SC(c2ccc(NC(=O)[C@@H](C)NC(=O)OCc3ccccc3)cc2)C(=O)N1Cc1cccnc1. The second kappa shape index (κ2) is 14.1. The smallest absolute Gasteiger partial charge is 0.436 e. The summed E-state index contributed by atoms with van der Waals surface area (Å²) in [5.41, 5.74) is 2.76. The summed E-state index contributed by atoms with van der Waals surface area (Å²) >= 11 is 1.14. The maximum absolute atomic E-state index is 13.4. The molecule has 0 radical (unpaired) electrons. The maximum Gasteiger partial charge on any atom is 0.436 e. The number of aromatic nitrogens is 1. The third-order valence-corrected chi connectivity index (χ3v) is 7.12. The van der Waals surface area contributed by atoms with Crippen LogP contribution in [0.1, 0.15) is 35.8 Å². The number of carbonyl (C=O) groups is 4. The predicted molar refractivity (Wildman–Crippen MR) is 154 cm³/mol. The summed E-state index contributed by atoms with van der Waals surface area (Å²) in [5, 5.41) is 4.83. The number of anilines is 1. The molecule has 4 rings (SSSR count). The molecule has 4 amide bonds. The number of pyridine rings is 1. The third kappa shape index (κ3) is 8.15.